The molecular formula is C30H38N6O2S. The van der Waals surface area contributed by atoms with E-state index in [1.165, 1.54) is 0 Å². The molecule has 1 fully saturated rings. The number of fused-ring (bicyclic) bond motifs is 1. The number of carbonyl (C=O) groups excluding carboxylic acids is 1. The molecule has 0 unspecified atom stereocenters. The Morgan fingerprint density at radius 2 is 1.95 bits per heavy atom. The van der Waals surface area contributed by atoms with Crippen molar-refractivity contribution in [1.29, 1.82) is 0 Å². The molecule has 9 heteroatoms. The number of Topliss-reactive ketones (excluding diaryl/α,β-unsaturated/α-hetero) is 1. The Hall–Kier alpha value is -3.14. The third-order valence-electron chi connectivity index (χ3n) is 7.98. The molecule has 4 aromatic heterocycles. The topological polar surface area (TPSA) is 86.9 Å². The van der Waals surface area contributed by atoms with E-state index in [1.807, 2.05) is 49.7 Å². The van der Waals surface area contributed by atoms with Crippen LogP contribution < -0.4 is 4.90 Å². The van der Waals surface area contributed by atoms with Crippen LogP contribution in [0.3, 0.4) is 0 Å². The van der Waals surface area contributed by atoms with E-state index in [1.54, 1.807) is 22.0 Å². The number of hydrogen-bond donors (Lipinski definition) is 1. The molecule has 0 bridgehead atoms. The van der Waals surface area contributed by atoms with Crippen molar-refractivity contribution in [3.63, 3.8) is 0 Å². The van der Waals surface area contributed by atoms with Crippen LogP contribution in [0.4, 0.5) is 5.82 Å². The maximum absolute atomic E-state index is 13.5. The summed E-state index contributed by atoms with van der Waals surface area (Å²) in [7, 11) is 0. The molecule has 0 aliphatic carbocycles. The fourth-order valence-electron chi connectivity index (χ4n) is 5.21. The van der Waals surface area contributed by atoms with Crippen LogP contribution >= 0.6 is 11.3 Å². The Morgan fingerprint density at radius 3 is 2.62 bits per heavy atom. The Bertz CT molecular complexity index is 1430. The quantitative estimate of drug-likeness (QED) is 0.251. The van der Waals surface area contributed by atoms with Gasteiger partial charge >= 0.3 is 0 Å². The normalized spacial score (nSPS) is 15.2. The third kappa shape index (κ3) is 5.76. The highest BCUT2D eigenvalue weighted by atomic mass is 32.1. The monoisotopic (exact) mass is 546 g/mol. The number of pyridine rings is 1. The van der Waals surface area contributed by atoms with Crippen molar-refractivity contribution in [3.8, 4) is 21.8 Å². The fourth-order valence-corrected chi connectivity index (χ4v) is 5.91. The van der Waals surface area contributed by atoms with Crippen molar-refractivity contribution < 1.29 is 9.90 Å². The first-order chi connectivity index (χ1) is 18.7. The number of rotatable bonds is 11. The van der Waals surface area contributed by atoms with E-state index in [9.17, 15) is 9.90 Å². The minimum atomic E-state index is -0.752. The minimum absolute atomic E-state index is 0.113. The van der Waals surface area contributed by atoms with Gasteiger partial charge in [0.25, 0.3) is 0 Å². The number of aliphatic hydroxyl groups is 1. The zero-order valence-corrected chi connectivity index (χ0v) is 24.3. The third-order valence-corrected chi connectivity index (χ3v) is 8.87. The molecule has 206 valence electrons. The van der Waals surface area contributed by atoms with Gasteiger partial charge in [-0.2, -0.15) is 5.10 Å². The van der Waals surface area contributed by atoms with E-state index in [0.717, 1.165) is 41.5 Å². The highest BCUT2D eigenvalue weighted by Crippen LogP contribution is 2.34. The van der Waals surface area contributed by atoms with E-state index in [2.05, 4.69) is 41.7 Å². The van der Waals surface area contributed by atoms with Crippen LogP contribution in [0.5, 0.6) is 0 Å². The van der Waals surface area contributed by atoms with Gasteiger partial charge in [-0.05, 0) is 69.9 Å². The lowest BCUT2D eigenvalue weighted by molar-refractivity contribution is 0.00438. The Balaban J connectivity index is 1.49. The average Bonchev–Trinajstić information content (AvgIpc) is 3.56. The van der Waals surface area contributed by atoms with E-state index in [4.69, 9.17) is 9.97 Å². The van der Waals surface area contributed by atoms with Crippen LogP contribution in [0, 0.1) is 5.92 Å². The Kier molecular flexibility index (Phi) is 7.84. The van der Waals surface area contributed by atoms with Crippen LogP contribution in [0.25, 0.3) is 27.5 Å². The van der Waals surface area contributed by atoms with Gasteiger partial charge in [-0.1, -0.05) is 19.9 Å². The second kappa shape index (κ2) is 11.2. The maximum Gasteiger partial charge on any atom is 0.165 e. The van der Waals surface area contributed by atoms with Crippen molar-refractivity contribution in [3.05, 3.63) is 53.7 Å². The first-order valence-electron chi connectivity index (χ1n) is 13.8. The van der Waals surface area contributed by atoms with Crippen LogP contribution in [0.15, 0.2) is 48.1 Å². The molecule has 0 amide bonds. The molecule has 39 heavy (non-hydrogen) atoms. The SMILES string of the molecule is CCN(CC)[C@@H](C)CCC(=O)c1cc(-c2cnn3ccc(-c4cccs4)nc23)nc(N2CC(C(C)(C)O)C2)c1. The summed E-state index contributed by atoms with van der Waals surface area (Å²) in [5.41, 5.74) is 2.97. The molecule has 5 rings (SSSR count). The number of ketones is 1. The van der Waals surface area contributed by atoms with E-state index >= 15 is 0 Å². The molecule has 0 aromatic carbocycles. The van der Waals surface area contributed by atoms with Gasteiger partial charge < -0.3 is 14.9 Å². The van der Waals surface area contributed by atoms with E-state index in [0.29, 0.717) is 42.5 Å². The van der Waals surface area contributed by atoms with Gasteiger partial charge in [-0.3, -0.25) is 4.79 Å². The average molecular weight is 547 g/mol. The smallest absolute Gasteiger partial charge is 0.165 e. The van der Waals surface area contributed by atoms with Crippen molar-refractivity contribution in [2.45, 2.75) is 59.1 Å². The lowest BCUT2D eigenvalue weighted by Crippen LogP contribution is -2.56. The van der Waals surface area contributed by atoms with Crippen LogP contribution in [0.2, 0.25) is 0 Å². The molecule has 1 aliphatic heterocycles. The summed E-state index contributed by atoms with van der Waals surface area (Å²) < 4.78 is 1.75. The number of carbonyl (C=O) groups is 1. The van der Waals surface area contributed by atoms with E-state index < -0.39 is 5.60 Å². The largest absolute Gasteiger partial charge is 0.390 e. The summed E-state index contributed by atoms with van der Waals surface area (Å²) in [5.74, 6) is 1.02. The summed E-state index contributed by atoms with van der Waals surface area (Å²) in [4.78, 5) is 29.0. The number of hydrogen-bond acceptors (Lipinski definition) is 8. The van der Waals surface area contributed by atoms with E-state index in [-0.39, 0.29) is 11.7 Å². The van der Waals surface area contributed by atoms with Crippen LogP contribution in [-0.2, 0) is 0 Å². The predicted octanol–water partition coefficient (Wildman–Crippen LogP) is 5.42. The molecule has 1 N–H and O–H groups in total. The highest BCUT2D eigenvalue weighted by molar-refractivity contribution is 7.13. The van der Waals surface area contributed by atoms with Gasteiger partial charge in [0, 0.05) is 43.2 Å². The van der Waals surface area contributed by atoms with Gasteiger partial charge in [0.05, 0.1) is 33.6 Å². The molecule has 0 spiro atoms. The second-order valence-corrected chi connectivity index (χ2v) is 12.0. The maximum atomic E-state index is 13.5. The first kappa shape index (κ1) is 27.4. The van der Waals surface area contributed by atoms with Crippen LogP contribution in [0.1, 0.15) is 57.8 Å². The predicted molar refractivity (Wildman–Crippen MR) is 157 cm³/mol. The van der Waals surface area contributed by atoms with Crippen molar-refractivity contribution in [2.75, 3.05) is 31.1 Å². The van der Waals surface area contributed by atoms with Crippen molar-refractivity contribution >= 4 is 28.6 Å². The first-order valence-corrected chi connectivity index (χ1v) is 14.7. The van der Waals surface area contributed by atoms with Gasteiger partial charge in [0.1, 0.15) is 5.82 Å². The van der Waals surface area contributed by atoms with Crippen molar-refractivity contribution in [2.24, 2.45) is 5.92 Å². The molecular weight excluding hydrogens is 508 g/mol. The minimum Gasteiger partial charge on any atom is -0.390 e. The summed E-state index contributed by atoms with van der Waals surface area (Å²) in [6.45, 7) is 13.5. The molecule has 4 aromatic rings. The Morgan fingerprint density at radius 1 is 1.18 bits per heavy atom. The molecule has 0 radical (unpaired) electrons. The molecule has 1 saturated heterocycles. The zero-order chi connectivity index (χ0) is 27.7. The zero-order valence-electron chi connectivity index (χ0n) is 23.5. The number of nitrogens with zero attached hydrogens (tertiary/aromatic N) is 6. The number of aromatic nitrogens is 4. The molecule has 5 heterocycles. The van der Waals surface area contributed by atoms with Gasteiger partial charge in [0.15, 0.2) is 11.4 Å². The second-order valence-electron chi connectivity index (χ2n) is 11.0. The summed E-state index contributed by atoms with van der Waals surface area (Å²) in [6.07, 6.45) is 4.97. The highest BCUT2D eigenvalue weighted by Gasteiger charge is 2.38. The number of thiophene rings is 1. The standard InChI is InChI=1S/C30H38N6O2S/c1-6-34(7-2)20(3)10-11-26(37)21-15-25(32-28(16-21)35-18-22(19-35)30(4,5)38)23-17-31-36-13-12-24(33-29(23)36)27-9-8-14-39-27/h8-9,12-17,20,22,38H,6-7,10-11,18-19H2,1-5H3/t20-/m0/s1. The molecule has 0 saturated carbocycles. The van der Waals surface area contributed by atoms with Gasteiger partial charge in [-0.15, -0.1) is 11.3 Å². The summed E-state index contributed by atoms with van der Waals surface area (Å²) in [5, 5.41) is 17.0. The number of anilines is 1. The molecule has 8 nitrogen and oxygen atoms in total. The van der Waals surface area contributed by atoms with Gasteiger partial charge in [0.2, 0.25) is 0 Å². The Labute approximate surface area is 234 Å². The van der Waals surface area contributed by atoms with Crippen molar-refractivity contribution in [1.82, 2.24) is 24.5 Å². The molecule has 1 aliphatic rings. The van der Waals surface area contributed by atoms with Crippen LogP contribution in [-0.4, -0.2) is 73.2 Å². The summed E-state index contributed by atoms with van der Waals surface area (Å²) in [6, 6.07) is 10.2. The summed E-state index contributed by atoms with van der Waals surface area (Å²) >= 11 is 1.64. The lowest BCUT2D eigenvalue weighted by atomic mass is 9.84. The lowest BCUT2D eigenvalue weighted by Gasteiger charge is -2.46. The van der Waals surface area contributed by atoms with Gasteiger partial charge in [-0.25, -0.2) is 14.5 Å². The fraction of sp³-hybridized carbons (Fsp3) is 0.467. The molecule has 1 atom stereocenters.